The Hall–Kier alpha value is -2.29. The van der Waals surface area contributed by atoms with Crippen LogP contribution in [-0.4, -0.2) is 9.97 Å². The minimum atomic E-state index is 0.709. The Kier molecular flexibility index (Phi) is 2.33. The van der Waals surface area contributed by atoms with E-state index in [4.69, 9.17) is 5.73 Å². The number of nitrogens with zero attached hydrogens (tertiary/aromatic N) is 1. The molecule has 2 aromatic carbocycles. The number of nitrogen functional groups attached to an aromatic ring is 1. The first-order chi connectivity index (χ1) is 8.66. The highest BCUT2D eigenvalue weighted by Gasteiger charge is 2.11. The van der Waals surface area contributed by atoms with Crippen molar-refractivity contribution in [1.29, 1.82) is 0 Å². The fourth-order valence-electron chi connectivity index (χ4n) is 2.36. The van der Waals surface area contributed by atoms with Crippen molar-refractivity contribution >= 4 is 16.7 Å². The van der Waals surface area contributed by atoms with Crippen LogP contribution < -0.4 is 5.73 Å². The molecule has 3 heteroatoms. The third-order valence-corrected chi connectivity index (χ3v) is 3.26. The van der Waals surface area contributed by atoms with Gasteiger partial charge in [0.1, 0.15) is 11.3 Å². The standard InChI is InChI=1S/C15H15N3/c1-9-5-3-6-10(2)13(9)15-17-12-8-4-7-11(16)14(12)18-15/h3-8H,16H2,1-2H3,(H,17,18). The van der Waals surface area contributed by atoms with Gasteiger partial charge in [-0.1, -0.05) is 24.3 Å². The van der Waals surface area contributed by atoms with Gasteiger partial charge in [0, 0.05) is 5.56 Å². The molecule has 0 bridgehead atoms. The molecule has 0 spiro atoms. The van der Waals surface area contributed by atoms with E-state index in [1.807, 2.05) is 18.2 Å². The maximum absolute atomic E-state index is 5.94. The molecule has 18 heavy (non-hydrogen) atoms. The second-order valence-electron chi connectivity index (χ2n) is 4.60. The largest absolute Gasteiger partial charge is 0.397 e. The van der Waals surface area contributed by atoms with E-state index in [-0.39, 0.29) is 0 Å². The molecule has 0 atom stereocenters. The zero-order chi connectivity index (χ0) is 12.7. The average molecular weight is 237 g/mol. The molecule has 0 aliphatic carbocycles. The van der Waals surface area contributed by atoms with Gasteiger partial charge in [-0.05, 0) is 37.1 Å². The van der Waals surface area contributed by atoms with Crippen LogP contribution in [0.5, 0.6) is 0 Å². The molecule has 1 aromatic heterocycles. The number of nitrogens with two attached hydrogens (primary N) is 1. The summed E-state index contributed by atoms with van der Waals surface area (Å²) in [6.07, 6.45) is 0. The number of fused-ring (bicyclic) bond motifs is 1. The highest BCUT2D eigenvalue weighted by molar-refractivity contribution is 5.89. The molecule has 3 N–H and O–H groups in total. The van der Waals surface area contributed by atoms with Crippen molar-refractivity contribution in [3.63, 3.8) is 0 Å². The number of aromatic nitrogens is 2. The summed E-state index contributed by atoms with van der Waals surface area (Å²) in [7, 11) is 0. The lowest BCUT2D eigenvalue weighted by Crippen LogP contribution is -1.89. The Labute approximate surface area is 106 Å². The van der Waals surface area contributed by atoms with Crippen LogP contribution >= 0.6 is 0 Å². The second-order valence-corrected chi connectivity index (χ2v) is 4.60. The van der Waals surface area contributed by atoms with Gasteiger partial charge in [-0.15, -0.1) is 0 Å². The lowest BCUT2D eigenvalue weighted by molar-refractivity contribution is 1.27. The molecule has 0 aliphatic rings. The first-order valence-electron chi connectivity index (χ1n) is 5.97. The summed E-state index contributed by atoms with van der Waals surface area (Å²) in [5.41, 5.74) is 12.1. The smallest absolute Gasteiger partial charge is 0.139 e. The summed E-state index contributed by atoms with van der Waals surface area (Å²) < 4.78 is 0. The summed E-state index contributed by atoms with van der Waals surface area (Å²) in [4.78, 5) is 7.97. The fraction of sp³-hybridized carbons (Fsp3) is 0.133. The Morgan fingerprint density at radius 2 is 1.67 bits per heavy atom. The van der Waals surface area contributed by atoms with Crippen molar-refractivity contribution in [3.05, 3.63) is 47.5 Å². The number of H-pyrrole nitrogens is 1. The predicted molar refractivity (Wildman–Crippen MR) is 75.4 cm³/mol. The van der Waals surface area contributed by atoms with Crippen molar-refractivity contribution in [3.8, 4) is 11.4 Å². The van der Waals surface area contributed by atoms with Crippen LogP contribution in [0, 0.1) is 13.8 Å². The summed E-state index contributed by atoms with van der Waals surface area (Å²) in [6.45, 7) is 4.19. The molecule has 0 saturated carbocycles. The molecule has 0 amide bonds. The van der Waals surface area contributed by atoms with E-state index in [0.29, 0.717) is 5.69 Å². The van der Waals surface area contributed by atoms with Gasteiger partial charge in [0.25, 0.3) is 0 Å². The normalized spacial score (nSPS) is 11.0. The van der Waals surface area contributed by atoms with Gasteiger partial charge in [0.2, 0.25) is 0 Å². The number of para-hydroxylation sites is 1. The maximum Gasteiger partial charge on any atom is 0.139 e. The summed E-state index contributed by atoms with van der Waals surface area (Å²) in [5.74, 6) is 0.888. The van der Waals surface area contributed by atoms with Crippen LogP contribution in [0.4, 0.5) is 5.69 Å². The minimum absolute atomic E-state index is 0.709. The monoisotopic (exact) mass is 237 g/mol. The Bertz CT molecular complexity index is 705. The first kappa shape index (κ1) is 10.8. The van der Waals surface area contributed by atoms with E-state index in [1.54, 1.807) is 0 Å². The van der Waals surface area contributed by atoms with Gasteiger partial charge in [0.05, 0.1) is 11.2 Å². The zero-order valence-electron chi connectivity index (χ0n) is 10.5. The average Bonchev–Trinajstić information content (AvgIpc) is 2.74. The molecular formula is C15H15N3. The molecule has 3 rings (SSSR count). The molecule has 3 aromatic rings. The minimum Gasteiger partial charge on any atom is -0.397 e. The van der Waals surface area contributed by atoms with Crippen molar-refractivity contribution in [2.24, 2.45) is 0 Å². The molecule has 3 nitrogen and oxygen atoms in total. The van der Waals surface area contributed by atoms with E-state index in [2.05, 4.69) is 42.0 Å². The van der Waals surface area contributed by atoms with Gasteiger partial charge < -0.3 is 10.7 Å². The predicted octanol–water partition coefficient (Wildman–Crippen LogP) is 3.43. The number of rotatable bonds is 1. The molecule has 0 radical (unpaired) electrons. The molecule has 0 saturated heterocycles. The summed E-state index contributed by atoms with van der Waals surface area (Å²) >= 11 is 0. The number of nitrogens with one attached hydrogen (secondary N) is 1. The Morgan fingerprint density at radius 3 is 2.33 bits per heavy atom. The number of hydrogen-bond acceptors (Lipinski definition) is 2. The van der Waals surface area contributed by atoms with Crippen LogP contribution in [0.2, 0.25) is 0 Å². The highest BCUT2D eigenvalue weighted by atomic mass is 14.9. The fourth-order valence-corrected chi connectivity index (χ4v) is 2.36. The Morgan fingerprint density at radius 1 is 1.00 bits per heavy atom. The molecule has 0 fully saturated rings. The third-order valence-electron chi connectivity index (χ3n) is 3.26. The van der Waals surface area contributed by atoms with E-state index >= 15 is 0 Å². The quantitative estimate of drug-likeness (QED) is 0.637. The zero-order valence-corrected chi connectivity index (χ0v) is 10.5. The number of anilines is 1. The van der Waals surface area contributed by atoms with Crippen LogP contribution in [0.15, 0.2) is 36.4 Å². The first-order valence-corrected chi connectivity index (χ1v) is 5.97. The van der Waals surface area contributed by atoms with Crippen LogP contribution in [-0.2, 0) is 0 Å². The molecule has 0 aliphatic heterocycles. The van der Waals surface area contributed by atoms with Gasteiger partial charge >= 0.3 is 0 Å². The molecule has 90 valence electrons. The summed E-state index contributed by atoms with van der Waals surface area (Å²) in [6, 6.07) is 12.1. The van der Waals surface area contributed by atoms with E-state index in [1.165, 1.54) is 11.1 Å². The number of benzene rings is 2. The van der Waals surface area contributed by atoms with E-state index in [9.17, 15) is 0 Å². The maximum atomic E-state index is 5.94. The van der Waals surface area contributed by atoms with Crippen molar-refractivity contribution in [2.45, 2.75) is 13.8 Å². The molecular weight excluding hydrogens is 222 g/mol. The number of aryl methyl sites for hydroxylation is 2. The van der Waals surface area contributed by atoms with Gasteiger partial charge in [0.15, 0.2) is 0 Å². The number of imidazole rings is 1. The molecule has 0 unspecified atom stereocenters. The SMILES string of the molecule is Cc1cccc(C)c1-c1nc2c(N)cccc2[nH]1. The topological polar surface area (TPSA) is 54.7 Å². The summed E-state index contributed by atoms with van der Waals surface area (Å²) in [5, 5.41) is 0. The number of hydrogen-bond donors (Lipinski definition) is 2. The van der Waals surface area contributed by atoms with Gasteiger partial charge in [-0.25, -0.2) is 4.98 Å². The van der Waals surface area contributed by atoms with Crippen molar-refractivity contribution in [2.75, 3.05) is 5.73 Å². The van der Waals surface area contributed by atoms with Gasteiger partial charge in [-0.2, -0.15) is 0 Å². The van der Waals surface area contributed by atoms with Crippen LogP contribution in [0.25, 0.3) is 22.4 Å². The lowest BCUT2D eigenvalue weighted by atomic mass is 10.0. The van der Waals surface area contributed by atoms with Gasteiger partial charge in [-0.3, -0.25) is 0 Å². The van der Waals surface area contributed by atoms with Crippen molar-refractivity contribution < 1.29 is 0 Å². The molecule has 1 heterocycles. The van der Waals surface area contributed by atoms with E-state index < -0.39 is 0 Å². The van der Waals surface area contributed by atoms with Crippen molar-refractivity contribution in [1.82, 2.24) is 9.97 Å². The number of aromatic amines is 1. The second kappa shape index (κ2) is 3.88. The Balaban J connectivity index is 2.30. The van der Waals surface area contributed by atoms with E-state index in [0.717, 1.165) is 22.4 Å². The van der Waals surface area contributed by atoms with Crippen LogP contribution in [0.3, 0.4) is 0 Å². The third kappa shape index (κ3) is 1.56. The highest BCUT2D eigenvalue weighted by Crippen LogP contribution is 2.28. The lowest BCUT2D eigenvalue weighted by Gasteiger charge is -2.05. The van der Waals surface area contributed by atoms with Crippen LogP contribution in [0.1, 0.15) is 11.1 Å².